The molecule has 9 heavy (non-hydrogen) atoms. The maximum absolute atomic E-state index is 8.56. The Morgan fingerprint density at radius 1 is 1.22 bits per heavy atom. The summed E-state index contributed by atoms with van der Waals surface area (Å²) >= 11 is 0. The summed E-state index contributed by atoms with van der Waals surface area (Å²) in [7, 11) is 0. The zero-order valence-corrected chi connectivity index (χ0v) is 14.5. The fraction of sp³-hybridized carbons (Fsp3) is 0. The number of hydrogen-bond donors (Lipinski definition) is 2. The van der Waals surface area contributed by atoms with Crippen LogP contribution in [0.2, 0.25) is 0 Å². The Morgan fingerprint density at radius 3 is 1.22 bits per heavy atom. The van der Waals surface area contributed by atoms with Gasteiger partial charge >= 0.3 is 157 Å². The average Bonchev–Trinajstić information content (AvgIpc) is 0.811. The van der Waals surface area contributed by atoms with Crippen molar-refractivity contribution in [3.05, 3.63) is 0 Å². The molecule has 0 amide bonds. The van der Waals surface area contributed by atoms with Crippen LogP contribution in [0, 0.1) is 0 Å². The molecule has 0 fully saturated rings. The maximum atomic E-state index is 8.56. The van der Waals surface area contributed by atoms with Gasteiger partial charge in [0.25, 0.3) is 0 Å². The van der Waals surface area contributed by atoms with Crippen molar-refractivity contribution in [3.63, 3.8) is 0 Å². The molecule has 0 aliphatic carbocycles. The first-order valence-electron chi connectivity index (χ1n) is 0.651. The van der Waals surface area contributed by atoms with Crippen LogP contribution < -0.4 is 151 Å². The number of hydrogen-bond acceptors (Lipinski definition) is 1. The zero-order chi connectivity index (χ0) is 3.58. The molecule has 0 atom stereocenters. The minimum atomic E-state index is -1.83. The second-order valence-electron chi connectivity index (χ2n) is 0.283. The van der Waals surface area contributed by atoms with Crippen LogP contribution in [0.15, 0.2) is 0 Å². The van der Waals surface area contributed by atoms with E-state index in [1.807, 2.05) is 0 Å². The summed E-state index contributed by atoms with van der Waals surface area (Å²) in [5.41, 5.74) is 0. The molecule has 0 spiro atoms. The summed E-state index contributed by atoms with van der Waals surface area (Å²) in [5.74, 6) is 0. The van der Waals surface area contributed by atoms with E-state index in [2.05, 4.69) is 0 Å². The van der Waals surface area contributed by atoms with E-state index in [1.165, 1.54) is 0 Å². The third-order valence-corrected chi connectivity index (χ3v) is 0. The first-order valence-corrected chi connectivity index (χ1v) is 0.651. The molecule has 0 unspecified atom stereocenters. The molecule has 40 valence electrons. The van der Waals surface area contributed by atoms with E-state index in [0.29, 0.717) is 0 Å². The van der Waals surface area contributed by atoms with Crippen molar-refractivity contribution in [1.82, 2.24) is 0 Å². The van der Waals surface area contributed by atoms with Gasteiger partial charge in [-0.3, -0.25) is 0 Å². The molecule has 0 aliphatic rings. The van der Waals surface area contributed by atoms with Crippen molar-refractivity contribution >= 4 is 6.16 Å². The van der Waals surface area contributed by atoms with Crippen molar-refractivity contribution in [2.45, 2.75) is 0 Å². The Labute approximate surface area is 178 Å². The van der Waals surface area contributed by atoms with Crippen molar-refractivity contribution < 1.29 is 177 Å². The molecule has 0 saturated carbocycles. The van der Waals surface area contributed by atoms with Crippen LogP contribution in [0.1, 0.15) is 5.71 Å². The fourth-order valence-electron chi connectivity index (χ4n) is 0. The van der Waals surface area contributed by atoms with Crippen LogP contribution >= 0.6 is 0 Å². The van der Waals surface area contributed by atoms with Crippen molar-refractivity contribution in [3.8, 4) is 0 Å². The molecule has 4 N–H and O–H groups in total. The van der Waals surface area contributed by atoms with Gasteiger partial charge in [0.1, 0.15) is 0 Å². The molecule has 0 radical (unpaired) electrons. The topological polar surface area (TPSA) is 89.0 Å². The van der Waals surface area contributed by atoms with Gasteiger partial charge in [0, 0.05) is 0 Å². The zero-order valence-electron chi connectivity index (χ0n) is 10.3. The van der Waals surface area contributed by atoms with Crippen LogP contribution in [0.3, 0.4) is 0 Å². The van der Waals surface area contributed by atoms with E-state index in [0.717, 1.165) is 0 Å². The Morgan fingerprint density at radius 2 is 1.22 bits per heavy atom. The molecule has 0 saturated heterocycles. The smallest absolute Gasteiger partial charge is 1.00 e. The van der Waals surface area contributed by atoms with Gasteiger partial charge in [0.15, 0.2) is 0 Å². The van der Waals surface area contributed by atoms with Gasteiger partial charge in [-0.25, -0.2) is 4.79 Å². The van der Waals surface area contributed by atoms with Crippen LogP contribution in [-0.4, -0.2) is 21.8 Å². The van der Waals surface area contributed by atoms with E-state index in [9.17, 15) is 0 Å². The van der Waals surface area contributed by atoms with Crippen LogP contribution in [-0.2, 0) is 0 Å². The maximum Gasteiger partial charge on any atom is 1.00 e. The molecule has 0 heterocycles. The third-order valence-electron chi connectivity index (χ3n) is 0. The molecule has 0 aromatic heterocycles. The van der Waals surface area contributed by atoms with Crippen LogP contribution in [0.4, 0.5) is 4.79 Å². The van der Waals surface area contributed by atoms with E-state index in [-0.39, 0.29) is 162 Å². The van der Waals surface area contributed by atoms with E-state index >= 15 is 0 Å². The predicted octanol–water partition coefficient (Wildman–Crippen LogP) is -12.1. The second-order valence-corrected chi connectivity index (χ2v) is 0.283. The molecule has 0 rings (SSSR count). The summed E-state index contributed by atoms with van der Waals surface area (Å²) in [6.45, 7) is 0. The molecule has 0 aliphatic heterocycles. The summed E-state index contributed by atoms with van der Waals surface area (Å²) in [5, 5.41) is 13.9. The summed E-state index contributed by atoms with van der Waals surface area (Å²) in [6.07, 6.45) is -1.83. The van der Waals surface area contributed by atoms with Crippen molar-refractivity contribution in [2.75, 3.05) is 0 Å². The Balaban J connectivity index is -0.00000000125. The van der Waals surface area contributed by atoms with Gasteiger partial charge in [-0.15, -0.1) is 0 Å². The van der Waals surface area contributed by atoms with E-state index in [1.54, 1.807) is 0 Å². The van der Waals surface area contributed by atoms with Crippen LogP contribution in [0.25, 0.3) is 0 Å². The number of carbonyl (C=O) groups is 1. The van der Waals surface area contributed by atoms with Gasteiger partial charge in [-0.2, -0.15) is 0 Å². The van der Waals surface area contributed by atoms with Gasteiger partial charge in [-0.05, 0) is 0 Å². The molecule has 4 nitrogen and oxygen atoms in total. The monoisotopic (exact) mass is 192 g/mol. The standard InChI is InChI=1S/CH2O3.2K.Li.Na.H2O.4H/c2-1(3)4;;;;;;;;;/h(H2,2,3,4);;;;;1H2;;;;/q;4*+1;;4*-1. The third kappa shape index (κ3) is 73.4. The van der Waals surface area contributed by atoms with E-state index in [4.69, 9.17) is 15.0 Å². The van der Waals surface area contributed by atoms with Gasteiger partial charge in [-0.1, -0.05) is 0 Å². The summed E-state index contributed by atoms with van der Waals surface area (Å²) < 4.78 is 0. The molecular formula is CH8K2LiNaO4. The molecule has 0 aromatic rings. The van der Waals surface area contributed by atoms with Crippen molar-refractivity contribution in [1.29, 1.82) is 0 Å². The minimum Gasteiger partial charge on any atom is -1.00 e. The van der Waals surface area contributed by atoms with Crippen molar-refractivity contribution in [2.24, 2.45) is 0 Å². The normalized spacial score (nSPS) is 2.67. The van der Waals surface area contributed by atoms with Crippen LogP contribution in [0.5, 0.6) is 0 Å². The van der Waals surface area contributed by atoms with Gasteiger partial charge < -0.3 is 21.4 Å². The SMILES string of the molecule is O.O=C(O)O.[H-].[H-].[H-].[H-].[K+].[K+].[Li+].[Na+]. The molecule has 0 aromatic carbocycles. The second kappa shape index (κ2) is 29.6. The average molecular weight is 192 g/mol. The van der Waals surface area contributed by atoms with Gasteiger partial charge in [0.2, 0.25) is 0 Å². The molecule has 0 bridgehead atoms. The Kier molecular flexibility index (Phi) is 125. The quantitative estimate of drug-likeness (QED) is 0.373. The summed E-state index contributed by atoms with van der Waals surface area (Å²) in [4.78, 5) is 8.56. The Bertz CT molecular complexity index is 53.1. The first kappa shape index (κ1) is 38.0. The van der Waals surface area contributed by atoms with Gasteiger partial charge in [0.05, 0.1) is 0 Å². The minimum absolute atomic E-state index is 0. The molecular weight excluding hydrogens is 184 g/mol. The molecule has 8 heteroatoms. The number of carboxylic acid groups (broad SMARTS) is 2. The van der Waals surface area contributed by atoms with E-state index < -0.39 is 6.16 Å². The summed E-state index contributed by atoms with van der Waals surface area (Å²) in [6, 6.07) is 0. The first-order chi connectivity index (χ1) is 1.73. The largest absolute Gasteiger partial charge is 1.00 e. The Hall–Kier alpha value is 4.10. The fourth-order valence-corrected chi connectivity index (χ4v) is 0. The number of rotatable bonds is 0. The predicted molar refractivity (Wildman–Crippen MR) is 18.7 cm³/mol.